The van der Waals surface area contributed by atoms with Crippen LogP contribution in [0.3, 0.4) is 0 Å². The fourth-order valence-electron chi connectivity index (χ4n) is 2.09. The zero-order valence-corrected chi connectivity index (χ0v) is 13.0. The second-order valence-corrected chi connectivity index (χ2v) is 5.01. The van der Waals surface area contributed by atoms with Gasteiger partial charge in [-0.2, -0.15) is 0 Å². The predicted octanol–water partition coefficient (Wildman–Crippen LogP) is 2.87. The minimum atomic E-state index is -0.236. The lowest BCUT2D eigenvalue weighted by atomic mass is 10.1. The van der Waals surface area contributed by atoms with Gasteiger partial charge in [-0.3, -0.25) is 0 Å². The van der Waals surface area contributed by atoms with Crippen LogP contribution in [0.15, 0.2) is 54.6 Å². The monoisotopic (exact) mass is 314 g/mol. The van der Waals surface area contributed by atoms with Gasteiger partial charge in [0.25, 0.3) is 0 Å². The van der Waals surface area contributed by atoms with Crippen molar-refractivity contribution in [3.05, 3.63) is 54.6 Å². The summed E-state index contributed by atoms with van der Waals surface area (Å²) in [6, 6.07) is 17.6. The van der Waals surface area contributed by atoms with Crippen LogP contribution in [0, 0.1) is 0 Å². The molecule has 2 aromatic rings. The van der Waals surface area contributed by atoms with Crippen molar-refractivity contribution in [3.8, 4) is 11.1 Å². The Labute approximate surface area is 136 Å². The SMILES string of the molecule is O=C(NCCCOCCO)Nc1ccc(-c2ccccc2)cc1. The van der Waals surface area contributed by atoms with Crippen molar-refractivity contribution in [1.82, 2.24) is 5.32 Å². The lowest BCUT2D eigenvalue weighted by Gasteiger charge is -2.09. The van der Waals surface area contributed by atoms with Crippen LogP contribution in [0.2, 0.25) is 0 Å². The molecule has 0 aliphatic carbocycles. The Morgan fingerprint density at radius 1 is 0.957 bits per heavy atom. The maximum Gasteiger partial charge on any atom is 0.319 e. The van der Waals surface area contributed by atoms with Crippen LogP contribution in [0.25, 0.3) is 11.1 Å². The van der Waals surface area contributed by atoms with Crippen LogP contribution in [-0.4, -0.2) is 37.5 Å². The van der Waals surface area contributed by atoms with Gasteiger partial charge in [0.05, 0.1) is 13.2 Å². The molecule has 3 N–H and O–H groups in total. The number of rotatable bonds is 8. The molecule has 0 unspecified atom stereocenters. The van der Waals surface area contributed by atoms with Crippen molar-refractivity contribution < 1.29 is 14.6 Å². The van der Waals surface area contributed by atoms with Crippen molar-refractivity contribution in [3.63, 3.8) is 0 Å². The molecule has 5 heteroatoms. The normalized spacial score (nSPS) is 10.3. The number of urea groups is 1. The maximum atomic E-state index is 11.8. The zero-order chi connectivity index (χ0) is 16.3. The van der Waals surface area contributed by atoms with E-state index in [1.165, 1.54) is 0 Å². The first-order valence-electron chi connectivity index (χ1n) is 7.68. The van der Waals surface area contributed by atoms with E-state index in [1.807, 2.05) is 54.6 Å². The Hall–Kier alpha value is -2.37. The summed E-state index contributed by atoms with van der Waals surface area (Å²) in [6.45, 7) is 1.40. The number of benzene rings is 2. The number of carbonyl (C=O) groups excluding carboxylic acids is 1. The van der Waals surface area contributed by atoms with Crippen LogP contribution >= 0.6 is 0 Å². The molecule has 0 aliphatic heterocycles. The molecule has 2 rings (SSSR count). The van der Waals surface area contributed by atoms with Crippen molar-refractivity contribution in [2.75, 3.05) is 31.7 Å². The highest BCUT2D eigenvalue weighted by Crippen LogP contribution is 2.20. The molecule has 0 aromatic heterocycles. The maximum absolute atomic E-state index is 11.8. The Kier molecular flexibility index (Phi) is 7.10. The van der Waals surface area contributed by atoms with Gasteiger partial charge in [0.1, 0.15) is 0 Å². The molecular formula is C18H22N2O3. The number of carbonyl (C=O) groups is 1. The molecule has 0 aliphatic rings. The topological polar surface area (TPSA) is 70.6 Å². The second kappa shape index (κ2) is 9.61. The molecular weight excluding hydrogens is 292 g/mol. The standard InChI is InChI=1S/C18H22N2O3/c21-12-14-23-13-4-11-19-18(22)20-17-9-7-16(8-10-17)15-5-2-1-3-6-15/h1-3,5-10,21H,4,11-14H2,(H2,19,20,22). The van der Waals surface area contributed by atoms with E-state index in [9.17, 15) is 4.79 Å². The first-order chi connectivity index (χ1) is 11.3. The number of aliphatic hydroxyl groups is 1. The van der Waals surface area contributed by atoms with E-state index in [4.69, 9.17) is 9.84 Å². The molecule has 0 saturated carbocycles. The molecule has 23 heavy (non-hydrogen) atoms. The highest BCUT2D eigenvalue weighted by molar-refractivity contribution is 5.89. The van der Waals surface area contributed by atoms with Gasteiger partial charge >= 0.3 is 6.03 Å². The van der Waals surface area contributed by atoms with E-state index < -0.39 is 0 Å². The van der Waals surface area contributed by atoms with Gasteiger partial charge in [-0.25, -0.2) is 4.79 Å². The highest BCUT2D eigenvalue weighted by atomic mass is 16.5. The minimum absolute atomic E-state index is 0.0207. The summed E-state index contributed by atoms with van der Waals surface area (Å²) in [4.78, 5) is 11.8. The fraction of sp³-hybridized carbons (Fsp3) is 0.278. The first kappa shape index (κ1) is 17.0. The van der Waals surface area contributed by atoms with Gasteiger partial charge in [0.2, 0.25) is 0 Å². The van der Waals surface area contributed by atoms with Crippen LogP contribution in [0.4, 0.5) is 10.5 Å². The fourth-order valence-corrected chi connectivity index (χ4v) is 2.09. The lowest BCUT2D eigenvalue weighted by molar-refractivity contribution is 0.0910. The van der Waals surface area contributed by atoms with E-state index in [0.717, 1.165) is 16.8 Å². The Morgan fingerprint density at radius 3 is 2.35 bits per heavy atom. The average molecular weight is 314 g/mol. The molecule has 0 saturated heterocycles. The Morgan fingerprint density at radius 2 is 1.65 bits per heavy atom. The molecule has 5 nitrogen and oxygen atoms in total. The molecule has 0 bridgehead atoms. The van der Waals surface area contributed by atoms with Crippen LogP contribution in [-0.2, 0) is 4.74 Å². The van der Waals surface area contributed by atoms with Crippen LogP contribution in [0.1, 0.15) is 6.42 Å². The highest BCUT2D eigenvalue weighted by Gasteiger charge is 2.02. The minimum Gasteiger partial charge on any atom is -0.394 e. The van der Waals surface area contributed by atoms with Gasteiger partial charge in [-0.05, 0) is 29.7 Å². The van der Waals surface area contributed by atoms with Crippen LogP contribution < -0.4 is 10.6 Å². The Bertz CT molecular complexity index is 585. The van der Waals surface area contributed by atoms with Crippen molar-refractivity contribution in [2.45, 2.75) is 6.42 Å². The van der Waals surface area contributed by atoms with Crippen LogP contribution in [0.5, 0.6) is 0 Å². The van der Waals surface area contributed by atoms with Gasteiger partial charge in [-0.15, -0.1) is 0 Å². The van der Waals surface area contributed by atoms with E-state index in [-0.39, 0.29) is 12.6 Å². The molecule has 0 radical (unpaired) electrons. The van der Waals surface area contributed by atoms with E-state index in [1.54, 1.807) is 0 Å². The summed E-state index contributed by atoms with van der Waals surface area (Å²) in [5, 5.41) is 14.1. The quantitative estimate of drug-likeness (QED) is 0.656. The van der Waals surface area contributed by atoms with Crippen molar-refractivity contribution in [2.24, 2.45) is 0 Å². The summed E-state index contributed by atoms with van der Waals surface area (Å²) in [5.41, 5.74) is 3.00. The smallest absolute Gasteiger partial charge is 0.319 e. The predicted molar refractivity (Wildman–Crippen MR) is 91.4 cm³/mol. The van der Waals surface area contributed by atoms with Crippen molar-refractivity contribution in [1.29, 1.82) is 0 Å². The zero-order valence-electron chi connectivity index (χ0n) is 13.0. The summed E-state index contributed by atoms with van der Waals surface area (Å²) < 4.78 is 5.12. The Balaban J connectivity index is 1.74. The summed E-state index contributed by atoms with van der Waals surface area (Å²) in [7, 11) is 0. The number of aliphatic hydroxyl groups excluding tert-OH is 1. The molecule has 122 valence electrons. The number of hydrogen-bond donors (Lipinski definition) is 3. The summed E-state index contributed by atoms with van der Waals surface area (Å²) in [5.74, 6) is 0. The third-order valence-corrected chi connectivity index (χ3v) is 3.24. The number of amides is 2. The lowest BCUT2D eigenvalue weighted by Crippen LogP contribution is -2.30. The number of ether oxygens (including phenoxy) is 1. The first-order valence-corrected chi connectivity index (χ1v) is 7.68. The molecule has 2 amide bonds. The van der Waals surface area contributed by atoms with Gasteiger partial charge < -0.3 is 20.5 Å². The second-order valence-electron chi connectivity index (χ2n) is 5.01. The third kappa shape index (κ3) is 6.10. The van der Waals surface area contributed by atoms with Gasteiger partial charge in [0.15, 0.2) is 0 Å². The summed E-state index contributed by atoms with van der Waals surface area (Å²) >= 11 is 0. The van der Waals surface area contributed by atoms with E-state index >= 15 is 0 Å². The molecule has 0 atom stereocenters. The van der Waals surface area contributed by atoms with E-state index in [0.29, 0.717) is 26.2 Å². The third-order valence-electron chi connectivity index (χ3n) is 3.24. The average Bonchev–Trinajstić information content (AvgIpc) is 2.59. The molecule has 0 spiro atoms. The number of anilines is 1. The largest absolute Gasteiger partial charge is 0.394 e. The molecule has 0 heterocycles. The van der Waals surface area contributed by atoms with Gasteiger partial charge in [-0.1, -0.05) is 42.5 Å². The van der Waals surface area contributed by atoms with Gasteiger partial charge in [0, 0.05) is 18.8 Å². The molecule has 2 aromatic carbocycles. The van der Waals surface area contributed by atoms with E-state index in [2.05, 4.69) is 10.6 Å². The van der Waals surface area contributed by atoms with Crippen molar-refractivity contribution >= 4 is 11.7 Å². The number of hydrogen-bond acceptors (Lipinski definition) is 3. The summed E-state index contributed by atoms with van der Waals surface area (Å²) in [6.07, 6.45) is 0.709. The number of nitrogens with one attached hydrogen (secondary N) is 2. The molecule has 0 fully saturated rings.